The van der Waals surface area contributed by atoms with E-state index in [0.717, 1.165) is 37.1 Å². The number of aromatic nitrogens is 1. The maximum absolute atomic E-state index is 13.5. The summed E-state index contributed by atoms with van der Waals surface area (Å²) in [4.78, 5) is 26.2. The van der Waals surface area contributed by atoms with Crippen LogP contribution in [-0.2, 0) is 14.3 Å². The molecule has 2 bridgehead atoms. The maximum atomic E-state index is 13.5. The lowest BCUT2D eigenvalue weighted by Crippen LogP contribution is -2.66. The Hall–Kier alpha value is -3.45. The Labute approximate surface area is 192 Å². The van der Waals surface area contributed by atoms with E-state index in [1.165, 1.54) is 6.26 Å². The van der Waals surface area contributed by atoms with Crippen molar-refractivity contribution in [3.05, 3.63) is 84.1 Å². The molecule has 170 valence electrons. The van der Waals surface area contributed by atoms with E-state index < -0.39 is 5.92 Å². The number of carbonyl (C=O) groups is 2. The fourth-order valence-electron chi connectivity index (χ4n) is 5.31. The summed E-state index contributed by atoms with van der Waals surface area (Å²) in [6.45, 7) is 2.85. The average molecular weight is 447 g/mol. The second-order valence-electron chi connectivity index (χ2n) is 9.13. The Bertz CT molecular complexity index is 1040. The Kier molecular flexibility index (Phi) is 5.96. The minimum absolute atomic E-state index is 0.0965. The summed E-state index contributed by atoms with van der Waals surface area (Å²) in [5, 5.41) is 6.55. The van der Waals surface area contributed by atoms with Gasteiger partial charge in [-0.2, -0.15) is 0 Å². The Morgan fingerprint density at radius 3 is 2.21 bits per heavy atom. The molecule has 3 saturated heterocycles. The van der Waals surface area contributed by atoms with E-state index >= 15 is 0 Å². The molecule has 0 radical (unpaired) electrons. The zero-order valence-electron chi connectivity index (χ0n) is 18.4. The topological polar surface area (TPSA) is 81.4 Å². The normalized spacial score (nSPS) is 23.9. The molecule has 1 atom stereocenters. The second-order valence-corrected chi connectivity index (χ2v) is 9.13. The van der Waals surface area contributed by atoms with Crippen LogP contribution in [0.15, 0.2) is 77.5 Å². The van der Waals surface area contributed by atoms with Crippen molar-refractivity contribution in [1.82, 2.24) is 5.16 Å². The first-order valence-corrected chi connectivity index (χ1v) is 11.5. The zero-order valence-corrected chi connectivity index (χ0v) is 18.4. The van der Waals surface area contributed by atoms with Gasteiger partial charge in [-0.25, -0.2) is 0 Å². The third-order valence-electron chi connectivity index (χ3n) is 6.99. The highest BCUT2D eigenvalue weighted by Crippen LogP contribution is 2.37. The van der Waals surface area contributed by atoms with Gasteiger partial charge < -0.3 is 19.1 Å². The number of anilines is 1. The first kappa shape index (κ1) is 21.4. The minimum Gasteiger partial charge on any atom is -0.455 e. The molecule has 7 heteroatoms. The van der Waals surface area contributed by atoms with Crippen LogP contribution in [0.4, 0.5) is 5.82 Å². The second kappa shape index (κ2) is 9.19. The molecule has 0 unspecified atom stereocenters. The quantitative estimate of drug-likeness (QED) is 0.443. The van der Waals surface area contributed by atoms with Gasteiger partial charge in [0.15, 0.2) is 18.5 Å². The summed E-state index contributed by atoms with van der Waals surface area (Å²) in [6, 6.07) is 21.2. The fourth-order valence-corrected chi connectivity index (χ4v) is 5.31. The van der Waals surface area contributed by atoms with Gasteiger partial charge in [0.2, 0.25) is 0 Å². The number of carbonyl (C=O) groups excluding carboxylic acids is 2. The lowest BCUT2D eigenvalue weighted by atomic mass is 9.83. The number of benzene rings is 2. The summed E-state index contributed by atoms with van der Waals surface area (Å²) in [5.74, 6) is -0.0229. The van der Waals surface area contributed by atoms with Crippen molar-refractivity contribution in [2.45, 2.75) is 24.9 Å². The van der Waals surface area contributed by atoms with Crippen LogP contribution >= 0.6 is 0 Å². The van der Waals surface area contributed by atoms with E-state index in [-0.39, 0.29) is 18.0 Å². The molecule has 33 heavy (non-hydrogen) atoms. The van der Waals surface area contributed by atoms with Crippen molar-refractivity contribution >= 4 is 17.7 Å². The van der Waals surface area contributed by atoms with E-state index in [4.69, 9.17) is 9.26 Å². The lowest BCUT2D eigenvalue weighted by molar-refractivity contribution is -0.938. The summed E-state index contributed by atoms with van der Waals surface area (Å²) >= 11 is 0. The van der Waals surface area contributed by atoms with Crippen LogP contribution in [0.25, 0.3) is 0 Å². The maximum Gasteiger partial charge on any atom is 0.318 e. The van der Waals surface area contributed by atoms with Crippen LogP contribution in [0.1, 0.15) is 29.9 Å². The summed E-state index contributed by atoms with van der Waals surface area (Å²) in [6.07, 6.45) is 3.15. The van der Waals surface area contributed by atoms with Gasteiger partial charge in [0, 0.05) is 24.8 Å². The van der Waals surface area contributed by atoms with Crippen molar-refractivity contribution in [2.75, 3.05) is 31.5 Å². The molecule has 0 saturated carbocycles. The average Bonchev–Trinajstić information content (AvgIpc) is 3.34. The molecule has 0 aliphatic carbocycles. The molecule has 3 aromatic rings. The third kappa shape index (κ3) is 4.68. The number of fused-ring (bicyclic) bond motifs is 3. The predicted molar refractivity (Wildman–Crippen MR) is 122 cm³/mol. The number of nitrogens with zero attached hydrogens (tertiary/aromatic N) is 2. The van der Waals surface area contributed by atoms with Gasteiger partial charge in [-0.15, -0.1) is 0 Å². The molecule has 1 amide bonds. The summed E-state index contributed by atoms with van der Waals surface area (Å²) < 4.78 is 11.6. The Morgan fingerprint density at radius 2 is 1.64 bits per heavy atom. The largest absolute Gasteiger partial charge is 0.455 e. The number of hydrogen-bond donors (Lipinski definition) is 1. The van der Waals surface area contributed by atoms with E-state index in [1.54, 1.807) is 6.07 Å². The lowest BCUT2D eigenvalue weighted by Gasteiger charge is -2.51. The van der Waals surface area contributed by atoms with Crippen LogP contribution in [0.5, 0.6) is 0 Å². The first-order valence-electron chi connectivity index (χ1n) is 11.5. The van der Waals surface area contributed by atoms with Crippen LogP contribution in [0.3, 0.4) is 0 Å². The van der Waals surface area contributed by atoms with Gasteiger partial charge >= 0.3 is 5.97 Å². The summed E-state index contributed by atoms with van der Waals surface area (Å²) in [5.41, 5.74) is 1.84. The monoisotopic (exact) mass is 446 g/mol. The van der Waals surface area contributed by atoms with E-state index in [2.05, 4.69) is 10.5 Å². The molecule has 3 fully saturated rings. The molecule has 1 N–H and O–H groups in total. The zero-order chi connectivity index (χ0) is 22.7. The van der Waals surface area contributed by atoms with Crippen LogP contribution in [0, 0.1) is 5.92 Å². The predicted octanol–water partition coefficient (Wildman–Crippen LogP) is 3.60. The number of quaternary nitrogens is 1. The number of nitrogens with one attached hydrogen (secondary N) is 1. The van der Waals surface area contributed by atoms with Crippen molar-refractivity contribution in [1.29, 1.82) is 0 Å². The van der Waals surface area contributed by atoms with Crippen molar-refractivity contribution in [3.63, 3.8) is 0 Å². The number of ether oxygens (including phenoxy) is 1. The van der Waals surface area contributed by atoms with Crippen LogP contribution in [0.2, 0.25) is 0 Å². The number of rotatable bonds is 7. The molecule has 6 rings (SSSR count). The first-order chi connectivity index (χ1) is 16.1. The van der Waals surface area contributed by atoms with Gasteiger partial charge in [-0.3, -0.25) is 9.59 Å². The van der Waals surface area contributed by atoms with Gasteiger partial charge in [0.25, 0.3) is 5.91 Å². The van der Waals surface area contributed by atoms with Crippen molar-refractivity contribution in [2.24, 2.45) is 5.92 Å². The number of piperidine rings is 3. The smallest absolute Gasteiger partial charge is 0.318 e. The highest BCUT2D eigenvalue weighted by Gasteiger charge is 2.49. The minimum atomic E-state index is -0.466. The van der Waals surface area contributed by atoms with Gasteiger partial charge in [-0.05, 0) is 11.1 Å². The van der Waals surface area contributed by atoms with E-state index in [1.807, 2.05) is 60.7 Å². The molecule has 1 aromatic heterocycles. The standard InChI is InChI=1S/C26H27N3O4/c30-24(27-23-13-16-32-28-23)18-29-14-11-19(12-15-29)22(17-29)33-26(31)25(20-7-3-1-4-8-20)21-9-5-2-6-10-21/h1-10,13,16,19,22,25H,11-12,14-15,17-18H2/p+1/t19?,22-,29?/m0/s1. The molecule has 7 nitrogen and oxygen atoms in total. The molecule has 0 spiro atoms. The summed E-state index contributed by atoms with van der Waals surface area (Å²) in [7, 11) is 0. The molecule has 2 aromatic carbocycles. The highest BCUT2D eigenvalue weighted by atomic mass is 16.5. The molecule has 4 heterocycles. The molecular formula is C26H28N3O4+. The highest BCUT2D eigenvalue weighted by molar-refractivity contribution is 5.90. The number of amides is 1. The molecule has 3 aliphatic heterocycles. The van der Waals surface area contributed by atoms with Gasteiger partial charge in [-0.1, -0.05) is 65.8 Å². The van der Waals surface area contributed by atoms with Crippen LogP contribution < -0.4 is 5.32 Å². The molecule has 3 aliphatic rings. The van der Waals surface area contributed by atoms with Crippen molar-refractivity contribution < 1.29 is 23.3 Å². The number of esters is 1. The van der Waals surface area contributed by atoms with Gasteiger partial charge in [0.05, 0.1) is 13.1 Å². The number of hydrogen-bond acceptors (Lipinski definition) is 5. The SMILES string of the molecule is O=C(C[N+]12CCC(CC1)[C@@H](OC(=O)C(c1ccccc1)c1ccccc1)C2)Nc1ccon1. The van der Waals surface area contributed by atoms with Crippen molar-refractivity contribution in [3.8, 4) is 0 Å². The molecular weight excluding hydrogens is 418 g/mol. The van der Waals surface area contributed by atoms with E-state index in [9.17, 15) is 9.59 Å². The Morgan fingerprint density at radius 1 is 1.00 bits per heavy atom. The third-order valence-corrected chi connectivity index (χ3v) is 6.99. The van der Waals surface area contributed by atoms with Crippen LogP contribution in [-0.4, -0.2) is 53.8 Å². The fraction of sp³-hybridized carbons (Fsp3) is 0.346. The van der Waals surface area contributed by atoms with Gasteiger partial charge in [0.1, 0.15) is 18.7 Å². The van der Waals surface area contributed by atoms with E-state index in [0.29, 0.717) is 29.3 Å². The Balaban J connectivity index is 1.31.